The fourth-order valence-electron chi connectivity index (χ4n) is 4.21. The third kappa shape index (κ3) is 5.37. The zero-order valence-electron chi connectivity index (χ0n) is 17.1. The molecule has 2 saturated heterocycles. The number of amides is 1. The molecule has 1 N–H and O–H groups in total. The van der Waals surface area contributed by atoms with Gasteiger partial charge >= 0.3 is 0 Å². The van der Waals surface area contributed by atoms with Crippen molar-refractivity contribution in [2.24, 2.45) is 0 Å². The van der Waals surface area contributed by atoms with Crippen molar-refractivity contribution in [2.75, 3.05) is 39.3 Å². The second-order valence-corrected chi connectivity index (χ2v) is 7.93. The molecule has 2 aromatic carbocycles. The van der Waals surface area contributed by atoms with Crippen molar-refractivity contribution < 1.29 is 9.53 Å². The monoisotopic (exact) mass is 393 g/mol. The SMILES string of the molecule is O=C1CNC(c2ccc(OCCN3CCCCC3)cc2)N1CCc1ccccc1. The summed E-state index contributed by atoms with van der Waals surface area (Å²) in [6, 6.07) is 18.5. The average molecular weight is 394 g/mol. The van der Waals surface area contributed by atoms with Gasteiger partial charge in [-0.3, -0.25) is 15.0 Å². The van der Waals surface area contributed by atoms with Crippen LogP contribution in [0.3, 0.4) is 0 Å². The lowest BCUT2D eigenvalue weighted by Crippen LogP contribution is -2.33. The molecule has 4 rings (SSSR count). The second-order valence-electron chi connectivity index (χ2n) is 7.93. The van der Waals surface area contributed by atoms with Crippen molar-refractivity contribution in [1.29, 1.82) is 0 Å². The summed E-state index contributed by atoms with van der Waals surface area (Å²) >= 11 is 0. The van der Waals surface area contributed by atoms with Crippen molar-refractivity contribution in [2.45, 2.75) is 31.8 Å². The summed E-state index contributed by atoms with van der Waals surface area (Å²) in [6.45, 7) is 5.23. The lowest BCUT2D eigenvalue weighted by molar-refractivity contribution is -0.128. The molecule has 2 aliphatic rings. The van der Waals surface area contributed by atoms with Gasteiger partial charge in [0.25, 0.3) is 0 Å². The summed E-state index contributed by atoms with van der Waals surface area (Å²) in [5, 5.41) is 3.34. The molecule has 29 heavy (non-hydrogen) atoms. The van der Waals surface area contributed by atoms with Gasteiger partial charge in [-0.25, -0.2) is 0 Å². The fraction of sp³-hybridized carbons (Fsp3) is 0.458. The Hall–Kier alpha value is -2.37. The number of benzene rings is 2. The third-order valence-corrected chi connectivity index (χ3v) is 5.88. The molecule has 5 nitrogen and oxygen atoms in total. The first-order valence-electron chi connectivity index (χ1n) is 10.8. The van der Waals surface area contributed by atoms with Gasteiger partial charge in [-0.1, -0.05) is 48.9 Å². The summed E-state index contributed by atoms with van der Waals surface area (Å²) in [4.78, 5) is 16.8. The molecule has 0 spiro atoms. The zero-order valence-corrected chi connectivity index (χ0v) is 17.1. The highest BCUT2D eigenvalue weighted by molar-refractivity contribution is 5.81. The van der Waals surface area contributed by atoms with Gasteiger partial charge in [0.15, 0.2) is 0 Å². The first kappa shape index (κ1) is 19.9. The van der Waals surface area contributed by atoms with Crippen molar-refractivity contribution in [1.82, 2.24) is 15.1 Å². The molecule has 1 atom stereocenters. The quantitative estimate of drug-likeness (QED) is 0.748. The smallest absolute Gasteiger partial charge is 0.238 e. The number of likely N-dealkylation sites (tertiary alicyclic amines) is 1. The van der Waals surface area contributed by atoms with Crippen LogP contribution in [0, 0.1) is 0 Å². The molecule has 0 aromatic heterocycles. The molecule has 0 aliphatic carbocycles. The van der Waals surface area contributed by atoms with Gasteiger partial charge in [-0.05, 0) is 55.6 Å². The van der Waals surface area contributed by atoms with Gasteiger partial charge in [0.1, 0.15) is 18.5 Å². The van der Waals surface area contributed by atoms with Gasteiger partial charge in [-0.15, -0.1) is 0 Å². The van der Waals surface area contributed by atoms with Crippen LogP contribution in [0.4, 0.5) is 0 Å². The van der Waals surface area contributed by atoms with Crippen LogP contribution in [-0.2, 0) is 11.2 Å². The molecule has 2 aromatic rings. The fourth-order valence-corrected chi connectivity index (χ4v) is 4.21. The standard InChI is InChI=1S/C24H31N3O2/c28-23-19-25-24(27(23)16-13-20-7-3-1-4-8-20)21-9-11-22(12-10-21)29-18-17-26-14-5-2-6-15-26/h1,3-4,7-12,24-25H,2,5-6,13-19H2. The Balaban J connectivity index is 1.30. The maximum absolute atomic E-state index is 12.4. The Labute approximate surface area is 173 Å². The number of rotatable bonds is 8. The van der Waals surface area contributed by atoms with E-state index in [1.165, 1.54) is 37.9 Å². The summed E-state index contributed by atoms with van der Waals surface area (Å²) < 4.78 is 5.94. The number of carbonyl (C=O) groups is 1. The van der Waals surface area contributed by atoms with Crippen molar-refractivity contribution in [3.05, 3.63) is 65.7 Å². The first-order valence-corrected chi connectivity index (χ1v) is 10.8. The number of hydrogen-bond donors (Lipinski definition) is 1. The van der Waals surface area contributed by atoms with Gasteiger partial charge in [0, 0.05) is 13.1 Å². The molecule has 0 saturated carbocycles. The van der Waals surface area contributed by atoms with Crippen molar-refractivity contribution in [3.63, 3.8) is 0 Å². The van der Waals surface area contributed by atoms with Gasteiger partial charge in [0.05, 0.1) is 6.54 Å². The van der Waals surface area contributed by atoms with Crippen LogP contribution in [0.15, 0.2) is 54.6 Å². The third-order valence-electron chi connectivity index (χ3n) is 5.88. The maximum Gasteiger partial charge on any atom is 0.238 e. The summed E-state index contributed by atoms with van der Waals surface area (Å²) in [5.74, 6) is 1.05. The lowest BCUT2D eigenvalue weighted by Gasteiger charge is -2.26. The molecule has 5 heteroatoms. The Kier molecular flexibility index (Phi) is 6.80. The predicted molar refractivity (Wildman–Crippen MR) is 115 cm³/mol. The van der Waals surface area contributed by atoms with Crippen molar-refractivity contribution >= 4 is 5.91 Å². The highest BCUT2D eigenvalue weighted by Gasteiger charge is 2.31. The largest absolute Gasteiger partial charge is 0.492 e. The average Bonchev–Trinajstić information content (AvgIpc) is 3.14. The summed E-state index contributed by atoms with van der Waals surface area (Å²) in [5.41, 5.74) is 2.36. The second kappa shape index (κ2) is 9.90. The molecule has 1 amide bonds. The Bertz CT molecular complexity index is 772. The van der Waals surface area contributed by atoms with E-state index in [2.05, 4.69) is 34.5 Å². The molecular weight excluding hydrogens is 362 g/mol. The zero-order chi connectivity index (χ0) is 19.9. The predicted octanol–water partition coefficient (Wildman–Crippen LogP) is 3.22. The molecule has 0 radical (unpaired) electrons. The van der Waals surface area contributed by atoms with Crippen LogP contribution in [0.5, 0.6) is 5.75 Å². The molecule has 2 fully saturated rings. The van der Waals surface area contributed by atoms with Gasteiger partial charge < -0.3 is 9.64 Å². The van der Waals surface area contributed by atoms with Gasteiger partial charge in [0.2, 0.25) is 5.91 Å². The molecular formula is C24H31N3O2. The van der Waals surface area contributed by atoms with Gasteiger partial charge in [-0.2, -0.15) is 0 Å². The minimum atomic E-state index is -0.0615. The van der Waals surface area contributed by atoms with Crippen LogP contribution in [-0.4, -0.2) is 55.0 Å². The first-order chi connectivity index (χ1) is 14.3. The molecule has 1 unspecified atom stereocenters. The Morgan fingerprint density at radius 2 is 1.69 bits per heavy atom. The highest BCUT2D eigenvalue weighted by Crippen LogP contribution is 2.25. The number of carbonyl (C=O) groups excluding carboxylic acids is 1. The number of hydrogen-bond acceptors (Lipinski definition) is 4. The van der Waals surface area contributed by atoms with E-state index in [0.717, 1.165) is 30.9 Å². The molecule has 2 aliphatic heterocycles. The normalized spacial score (nSPS) is 20.2. The number of ether oxygens (including phenoxy) is 1. The number of nitrogens with one attached hydrogen (secondary N) is 1. The van der Waals surface area contributed by atoms with E-state index in [4.69, 9.17) is 4.74 Å². The van der Waals surface area contributed by atoms with Crippen molar-refractivity contribution in [3.8, 4) is 5.75 Å². The van der Waals surface area contributed by atoms with E-state index in [1.54, 1.807) is 0 Å². The van der Waals surface area contributed by atoms with Crippen LogP contribution in [0.25, 0.3) is 0 Å². The van der Waals surface area contributed by atoms with E-state index in [-0.39, 0.29) is 12.1 Å². The topological polar surface area (TPSA) is 44.8 Å². The van der Waals surface area contributed by atoms with Crippen LogP contribution >= 0.6 is 0 Å². The van der Waals surface area contributed by atoms with Crippen LogP contribution in [0.2, 0.25) is 0 Å². The summed E-state index contributed by atoms with van der Waals surface area (Å²) in [7, 11) is 0. The van der Waals surface area contributed by atoms with Crippen LogP contribution in [0.1, 0.15) is 36.6 Å². The minimum absolute atomic E-state index is 0.0615. The van der Waals surface area contributed by atoms with E-state index in [1.807, 2.05) is 35.2 Å². The van der Waals surface area contributed by atoms with E-state index in [9.17, 15) is 4.79 Å². The summed E-state index contributed by atoms with van der Waals surface area (Å²) in [6.07, 6.45) is 4.78. The Morgan fingerprint density at radius 1 is 0.931 bits per heavy atom. The van der Waals surface area contributed by atoms with E-state index < -0.39 is 0 Å². The number of piperidine rings is 1. The van der Waals surface area contributed by atoms with Crippen LogP contribution < -0.4 is 10.1 Å². The lowest BCUT2D eigenvalue weighted by atomic mass is 10.1. The molecule has 154 valence electrons. The maximum atomic E-state index is 12.4. The van der Waals surface area contributed by atoms with E-state index in [0.29, 0.717) is 13.1 Å². The molecule has 0 bridgehead atoms. The molecule has 2 heterocycles. The number of nitrogens with zero attached hydrogens (tertiary/aromatic N) is 2. The van der Waals surface area contributed by atoms with E-state index >= 15 is 0 Å². The Morgan fingerprint density at radius 3 is 2.45 bits per heavy atom. The highest BCUT2D eigenvalue weighted by atomic mass is 16.5. The minimum Gasteiger partial charge on any atom is -0.492 e.